The van der Waals surface area contributed by atoms with Crippen molar-refractivity contribution in [1.82, 2.24) is 4.90 Å². The number of nitrogens with two attached hydrogens (primary N) is 1. The fourth-order valence-corrected chi connectivity index (χ4v) is 2.94. The predicted octanol–water partition coefficient (Wildman–Crippen LogP) is 0.836. The number of hydrogen-bond donors (Lipinski definition) is 1. The molecule has 2 aliphatic rings. The molecule has 0 bridgehead atoms. The molecule has 2 saturated heterocycles. The Morgan fingerprint density at radius 2 is 2.43 bits per heavy atom. The summed E-state index contributed by atoms with van der Waals surface area (Å²) in [6.07, 6.45) is 4.83. The van der Waals surface area contributed by atoms with Crippen LogP contribution >= 0.6 is 0 Å². The van der Waals surface area contributed by atoms with E-state index in [1.165, 1.54) is 25.8 Å². The molecule has 0 aromatic heterocycles. The predicted molar refractivity (Wildman–Crippen MR) is 57.2 cm³/mol. The molecule has 2 atom stereocenters. The maximum absolute atomic E-state index is 6.01. The van der Waals surface area contributed by atoms with Crippen LogP contribution in [0.25, 0.3) is 0 Å². The Morgan fingerprint density at radius 3 is 3.14 bits per heavy atom. The van der Waals surface area contributed by atoms with Gasteiger partial charge in [0.2, 0.25) is 0 Å². The first-order valence-electron chi connectivity index (χ1n) is 5.77. The van der Waals surface area contributed by atoms with Crippen molar-refractivity contribution >= 4 is 0 Å². The molecule has 0 saturated carbocycles. The molecule has 1 spiro atoms. The minimum atomic E-state index is 0.148. The lowest BCUT2D eigenvalue weighted by Crippen LogP contribution is -2.52. The van der Waals surface area contributed by atoms with Gasteiger partial charge in [-0.3, -0.25) is 0 Å². The van der Waals surface area contributed by atoms with Crippen molar-refractivity contribution in [1.29, 1.82) is 0 Å². The highest BCUT2D eigenvalue weighted by Gasteiger charge is 2.39. The molecule has 0 aromatic carbocycles. The van der Waals surface area contributed by atoms with Crippen molar-refractivity contribution in [3.05, 3.63) is 0 Å². The van der Waals surface area contributed by atoms with Gasteiger partial charge in [-0.05, 0) is 51.7 Å². The summed E-state index contributed by atoms with van der Waals surface area (Å²) in [5, 5.41) is 0. The lowest BCUT2D eigenvalue weighted by atomic mass is 9.80. The van der Waals surface area contributed by atoms with Crippen molar-refractivity contribution in [3.8, 4) is 0 Å². The van der Waals surface area contributed by atoms with Crippen molar-refractivity contribution in [3.63, 3.8) is 0 Å². The van der Waals surface area contributed by atoms with E-state index in [4.69, 9.17) is 10.5 Å². The molecule has 0 radical (unpaired) electrons. The van der Waals surface area contributed by atoms with Crippen LogP contribution in [0.15, 0.2) is 0 Å². The minimum Gasteiger partial charge on any atom is -0.374 e. The van der Waals surface area contributed by atoms with Gasteiger partial charge in [-0.15, -0.1) is 0 Å². The van der Waals surface area contributed by atoms with E-state index in [0.717, 1.165) is 26.1 Å². The van der Waals surface area contributed by atoms with E-state index in [9.17, 15) is 0 Å². The average Bonchev–Trinajstić information content (AvgIpc) is 2.17. The van der Waals surface area contributed by atoms with E-state index in [1.54, 1.807) is 0 Å². The summed E-state index contributed by atoms with van der Waals surface area (Å²) in [6.45, 7) is 4.06. The summed E-state index contributed by atoms with van der Waals surface area (Å²) in [7, 11) is 2.19. The van der Waals surface area contributed by atoms with Gasteiger partial charge in [0.25, 0.3) is 0 Å². The number of piperidine rings is 1. The zero-order valence-corrected chi connectivity index (χ0v) is 9.17. The van der Waals surface area contributed by atoms with Crippen LogP contribution in [0.1, 0.15) is 25.7 Å². The topological polar surface area (TPSA) is 38.5 Å². The fraction of sp³-hybridized carbons (Fsp3) is 1.00. The monoisotopic (exact) mass is 198 g/mol. The van der Waals surface area contributed by atoms with E-state index in [-0.39, 0.29) is 5.60 Å². The highest BCUT2D eigenvalue weighted by molar-refractivity contribution is 4.92. The molecule has 0 aliphatic carbocycles. The molecular weight excluding hydrogens is 176 g/mol. The van der Waals surface area contributed by atoms with Crippen LogP contribution in [0, 0.1) is 5.92 Å². The SMILES string of the molecule is CN1CCCC2(CC(CN)CCO2)C1. The van der Waals surface area contributed by atoms with Gasteiger partial charge in [0, 0.05) is 13.2 Å². The van der Waals surface area contributed by atoms with Crippen LogP contribution in [-0.2, 0) is 4.74 Å². The average molecular weight is 198 g/mol. The molecule has 3 heteroatoms. The van der Waals surface area contributed by atoms with E-state index in [2.05, 4.69) is 11.9 Å². The van der Waals surface area contributed by atoms with E-state index < -0.39 is 0 Å². The van der Waals surface area contributed by atoms with Crippen LogP contribution in [-0.4, -0.2) is 43.8 Å². The lowest BCUT2D eigenvalue weighted by molar-refractivity contribution is -0.127. The maximum Gasteiger partial charge on any atom is 0.0812 e. The Labute approximate surface area is 86.6 Å². The third-order valence-electron chi connectivity index (χ3n) is 3.66. The molecule has 0 aromatic rings. The number of likely N-dealkylation sites (tertiary alicyclic amines) is 1. The van der Waals surface area contributed by atoms with Crippen LogP contribution in [0.4, 0.5) is 0 Å². The number of hydrogen-bond acceptors (Lipinski definition) is 3. The minimum absolute atomic E-state index is 0.148. The maximum atomic E-state index is 6.01. The first-order valence-corrected chi connectivity index (χ1v) is 5.77. The Hall–Kier alpha value is -0.120. The standard InChI is InChI=1S/C11H22N2O/c1-13-5-2-4-11(9-13)7-10(8-12)3-6-14-11/h10H,2-9,12H2,1H3. The first-order chi connectivity index (χ1) is 6.74. The Balaban J connectivity index is 1.99. The summed E-state index contributed by atoms with van der Waals surface area (Å²) in [6, 6.07) is 0. The zero-order chi connectivity index (χ0) is 10.0. The summed E-state index contributed by atoms with van der Waals surface area (Å²) < 4.78 is 6.01. The second kappa shape index (κ2) is 4.17. The quantitative estimate of drug-likeness (QED) is 0.678. The third-order valence-corrected chi connectivity index (χ3v) is 3.66. The van der Waals surface area contributed by atoms with Gasteiger partial charge in [0.1, 0.15) is 0 Å². The van der Waals surface area contributed by atoms with E-state index in [0.29, 0.717) is 5.92 Å². The van der Waals surface area contributed by atoms with Gasteiger partial charge in [-0.2, -0.15) is 0 Å². The summed E-state index contributed by atoms with van der Waals surface area (Å²) in [4.78, 5) is 2.39. The largest absolute Gasteiger partial charge is 0.374 e. The van der Waals surface area contributed by atoms with E-state index >= 15 is 0 Å². The molecule has 2 aliphatic heterocycles. The van der Waals surface area contributed by atoms with Crippen LogP contribution < -0.4 is 5.73 Å². The third kappa shape index (κ3) is 2.10. The van der Waals surface area contributed by atoms with Crippen molar-refractivity contribution in [2.45, 2.75) is 31.3 Å². The molecule has 2 unspecified atom stereocenters. The van der Waals surface area contributed by atoms with Crippen molar-refractivity contribution in [2.75, 3.05) is 33.3 Å². The van der Waals surface area contributed by atoms with E-state index in [1.807, 2.05) is 0 Å². The molecule has 3 nitrogen and oxygen atoms in total. The van der Waals surface area contributed by atoms with Crippen molar-refractivity contribution in [2.24, 2.45) is 11.7 Å². The molecule has 2 N–H and O–H groups in total. The van der Waals surface area contributed by atoms with Crippen molar-refractivity contribution < 1.29 is 4.74 Å². The highest BCUT2D eigenvalue weighted by Crippen LogP contribution is 2.35. The molecule has 2 rings (SSSR count). The fourth-order valence-electron chi connectivity index (χ4n) is 2.94. The lowest BCUT2D eigenvalue weighted by Gasteiger charge is -2.46. The number of nitrogens with zero attached hydrogens (tertiary/aromatic N) is 1. The molecule has 14 heavy (non-hydrogen) atoms. The molecule has 0 amide bonds. The Kier molecular flexibility index (Phi) is 3.10. The summed E-state index contributed by atoms with van der Waals surface area (Å²) in [5.41, 5.74) is 5.91. The van der Waals surface area contributed by atoms with Gasteiger partial charge >= 0.3 is 0 Å². The second-order valence-corrected chi connectivity index (χ2v) is 4.97. The summed E-state index contributed by atoms with van der Waals surface area (Å²) in [5.74, 6) is 0.690. The summed E-state index contributed by atoms with van der Waals surface area (Å²) >= 11 is 0. The number of likely N-dealkylation sites (N-methyl/N-ethyl adjacent to an activating group) is 1. The van der Waals surface area contributed by atoms with Gasteiger partial charge in [-0.25, -0.2) is 0 Å². The smallest absolute Gasteiger partial charge is 0.0812 e. The normalized spacial score (nSPS) is 40.3. The molecule has 2 fully saturated rings. The van der Waals surface area contributed by atoms with Gasteiger partial charge in [-0.1, -0.05) is 0 Å². The zero-order valence-electron chi connectivity index (χ0n) is 9.17. The molecular formula is C11H22N2O. The highest BCUT2D eigenvalue weighted by atomic mass is 16.5. The van der Waals surface area contributed by atoms with Gasteiger partial charge < -0.3 is 15.4 Å². The number of rotatable bonds is 1. The molecule has 82 valence electrons. The van der Waals surface area contributed by atoms with Gasteiger partial charge in [0.15, 0.2) is 0 Å². The van der Waals surface area contributed by atoms with Crippen LogP contribution in [0.3, 0.4) is 0 Å². The Morgan fingerprint density at radius 1 is 1.57 bits per heavy atom. The van der Waals surface area contributed by atoms with Gasteiger partial charge in [0.05, 0.1) is 5.60 Å². The first kappa shape index (κ1) is 10.4. The number of ether oxygens (including phenoxy) is 1. The Bertz CT molecular complexity index is 194. The van der Waals surface area contributed by atoms with Crippen LogP contribution in [0.2, 0.25) is 0 Å². The van der Waals surface area contributed by atoms with Crippen LogP contribution in [0.5, 0.6) is 0 Å². The molecule has 2 heterocycles. The second-order valence-electron chi connectivity index (χ2n) is 4.97.